The third kappa shape index (κ3) is 10.4. The van der Waals surface area contributed by atoms with E-state index in [1.165, 1.54) is 35.0 Å². The lowest BCUT2D eigenvalue weighted by molar-refractivity contribution is 0.0732. The Labute approximate surface area is 373 Å². The van der Waals surface area contributed by atoms with Crippen molar-refractivity contribution in [2.24, 2.45) is 0 Å². The van der Waals surface area contributed by atoms with Crippen LogP contribution in [0.25, 0.3) is 16.5 Å². The number of aromatic nitrogens is 2. The van der Waals surface area contributed by atoms with Crippen LogP contribution in [0.5, 0.6) is 0 Å². The van der Waals surface area contributed by atoms with E-state index >= 15 is 0 Å². The Bertz CT molecular complexity index is 2600. The second kappa shape index (κ2) is 20.2. The molecule has 7 rings (SSSR count). The van der Waals surface area contributed by atoms with Gasteiger partial charge in [-0.05, 0) is 78.5 Å². The fourth-order valence-corrected chi connectivity index (χ4v) is 9.21. The number of nitrogens with one attached hydrogen (secondary N) is 1. The summed E-state index contributed by atoms with van der Waals surface area (Å²) in [4.78, 5) is 63.3. The summed E-state index contributed by atoms with van der Waals surface area (Å²) in [5, 5.41) is 6.39. The number of hydrogen-bond donors (Lipinski definition) is 1. The van der Waals surface area contributed by atoms with Crippen LogP contribution in [0.4, 0.5) is 4.79 Å². The average molecular weight is 897 g/mol. The van der Waals surface area contributed by atoms with Gasteiger partial charge < -0.3 is 24.3 Å². The molecule has 5 aromatic rings. The van der Waals surface area contributed by atoms with Crippen molar-refractivity contribution in [3.05, 3.63) is 124 Å². The van der Waals surface area contributed by atoms with Crippen LogP contribution in [-0.4, -0.2) is 121 Å². The van der Waals surface area contributed by atoms with Gasteiger partial charge in [0.25, 0.3) is 27.7 Å². The molecule has 0 atom stereocenters. The van der Waals surface area contributed by atoms with E-state index in [4.69, 9.17) is 21.4 Å². The summed E-state index contributed by atoms with van der Waals surface area (Å²) in [7, 11) is -2.34. The first-order chi connectivity index (χ1) is 30.4. The molecule has 4 amide bonds. The summed E-state index contributed by atoms with van der Waals surface area (Å²) in [5.74, 6) is -1.75. The Kier molecular flexibility index (Phi) is 14.5. The Morgan fingerprint density at radius 1 is 0.810 bits per heavy atom. The first kappa shape index (κ1) is 45.3. The van der Waals surface area contributed by atoms with E-state index < -0.39 is 27.9 Å². The lowest BCUT2D eigenvalue weighted by Crippen LogP contribution is -2.47. The Balaban J connectivity index is 1.28. The monoisotopic (exact) mass is 895 g/mol. The number of unbranched alkanes of at least 4 members (excludes halogenated alkanes) is 2. The van der Waals surface area contributed by atoms with Crippen LogP contribution < -0.4 is 4.72 Å². The van der Waals surface area contributed by atoms with Crippen molar-refractivity contribution in [1.82, 2.24) is 34.1 Å². The minimum Gasteiger partial charge on any atom is -0.449 e. The third-order valence-electron chi connectivity index (χ3n) is 11.7. The molecule has 0 bridgehead atoms. The van der Waals surface area contributed by atoms with Crippen molar-refractivity contribution in [2.45, 2.75) is 63.8 Å². The van der Waals surface area contributed by atoms with Crippen LogP contribution in [0.1, 0.15) is 87.6 Å². The number of sulfonamides is 1. The summed E-state index contributed by atoms with van der Waals surface area (Å²) in [6, 6.07) is 24.0. The molecule has 63 heavy (non-hydrogen) atoms. The zero-order valence-corrected chi connectivity index (χ0v) is 37.6. The van der Waals surface area contributed by atoms with Gasteiger partial charge in [0.1, 0.15) is 0 Å². The van der Waals surface area contributed by atoms with Crippen LogP contribution in [0.2, 0.25) is 5.02 Å². The molecule has 2 aliphatic rings. The SMILES string of the molecule is CCCCN(CCCC)C(=O)c1nn(-c2ccc(C(=O)NS(=O)(=O)c3ccc4ccccc4c3)cc2C(=O)N2CCc3ccccc3C2)c(CCOC(=O)N2CCN(C)CC2)c1Cl. The summed E-state index contributed by atoms with van der Waals surface area (Å²) in [5.41, 5.74) is 2.57. The predicted molar refractivity (Wildman–Crippen MR) is 242 cm³/mol. The Hall–Kier alpha value is -5.77. The number of carbonyl (C=O) groups is 4. The molecule has 1 aromatic heterocycles. The smallest absolute Gasteiger partial charge is 0.409 e. The van der Waals surface area contributed by atoms with Crippen molar-refractivity contribution >= 4 is 56.2 Å². The maximum absolute atomic E-state index is 14.8. The second-order valence-corrected chi connectivity index (χ2v) is 18.2. The number of halogens is 1. The zero-order valence-electron chi connectivity index (χ0n) is 36.0. The van der Waals surface area contributed by atoms with Gasteiger partial charge in [-0.2, -0.15) is 5.10 Å². The summed E-state index contributed by atoms with van der Waals surface area (Å²) >= 11 is 7.14. The molecule has 1 saturated heterocycles. The second-order valence-electron chi connectivity index (χ2n) is 16.1. The highest BCUT2D eigenvalue weighted by molar-refractivity contribution is 7.90. The number of carbonyl (C=O) groups excluding carboxylic acids is 4. The number of rotatable bonds is 15. The molecule has 16 heteroatoms. The molecule has 332 valence electrons. The summed E-state index contributed by atoms with van der Waals surface area (Å²) < 4.78 is 36.6. The largest absolute Gasteiger partial charge is 0.449 e. The van der Waals surface area contributed by atoms with Gasteiger partial charge in [-0.15, -0.1) is 0 Å². The fourth-order valence-electron chi connectivity index (χ4n) is 7.91. The van der Waals surface area contributed by atoms with E-state index in [0.717, 1.165) is 42.2 Å². The molecular weight excluding hydrogens is 842 g/mol. The maximum Gasteiger partial charge on any atom is 0.409 e. The van der Waals surface area contributed by atoms with Crippen LogP contribution in [0.3, 0.4) is 0 Å². The molecular formula is C47H54ClN7O7S. The van der Waals surface area contributed by atoms with Gasteiger partial charge in [0.2, 0.25) is 0 Å². The van der Waals surface area contributed by atoms with Crippen LogP contribution >= 0.6 is 11.6 Å². The molecule has 1 N–H and O–H groups in total. The molecule has 0 spiro atoms. The number of likely N-dealkylation sites (N-methyl/N-ethyl adjacent to an activating group) is 1. The van der Waals surface area contributed by atoms with Crippen molar-refractivity contribution < 1.29 is 32.3 Å². The molecule has 0 radical (unpaired) electrons. The lowest BCUT2D eigenvalue weighted by Gasteiger charge is -2.31. The first-order valence-corrected chi connectivity index (χ1v) is 23.5. The van der Waals surface area contributed by atoms with Crippen LogP contribution in [0, 0.1) is 0 Å². The molecule has 3 heterocycles. The van der Waals surface area contributed by atoms with Crippen LogP contribution in [-0.2, 0) is 34.1 Å². The highest BCUT2D eigenvalue weighted by atomic mass is 35.5. The molecule has 0 saturated carbocycles. The fraction of sp³-hybridized carbons (Fsp3) is 0.383. The molecule has 4 aromatic carbocycles. The maximum atomic E-state index is 14.8. The van der Waals surface area contributed by atoms with E-state index in [-0.39, 0.29) is 51.4 Å². The summed E-state index contributed by atoms with van der Waals surface area (Å²) in [6.45, 7) is 8.16. The lowest BCUT2D eigenvalue weighted by atomic mass is 9.98. The van der Waals surface area contributed by atoms with Gasteiger partial charge in [0, 0.05) is 64.3 Å². The molecule has 1 fully saturated rings. The van der Waals surface area contributed by atoms with Gasteiger partial charge in [-0.3, -0.25) is 14.4 Å². The molecule has 14 nitrogen and oxygen atoms in total. The number of fused-ring (bicyclic) bond motifs is 2. The Morgan fingerprint density at radius 3 is 2.21 bits per heavy atom. The van der Waals surface area contributed by atoms with Crippen molar-refractivity contribution in [3.8, 4) is 5.69 Å². The van der Waals surface area contributed by atoms with Gasteiger partial charge in [-0.25, -0.2) is 22.6 Å². The van der Waals surface area contributed by atoms with Crippen LogP contribution in [0.15, 0.2) is 89.8 Å². The van der Waals surface area contributed by atoms with E-state index in [9.17, 15) is 27.6 Å². The molecule has 0 aliphatic carbocycles. The average Bonchev–Trinajstić information content (AvgIpc) is 3.62. The molecule has 2 aliphatic heterocycles. The standard InChI is InChI=1S/C47H54ClN7O7S/c1-4-6-22-52(23-7-5-2)46(58)43-42(48)41(21-29-62-47(59)53-27-25-51(3)26-28-53)55(49-43)40-19-17-36(31-39(40)45(57)54-24-20-34-13-9-11-15-37(34)32-54)44(56)50-63(60,61)38-18-16-33-12-8-10-14-35(33)30-38/h8-19,30-31H,4-7,20-29,32H2,1-3H3,(H,50,56). The minimum absolute atomic E-state index is 0.0159. The first-order valence-electron chi connectivity index (χ1n) is 21.6. The van der Waals surface area contributed by atoms with Crippen molar-refractivity contribution in [2.75, 3.05) is 59.5 Å². The predicted octanol–water partition coefficient (Wildman–Crippen LogP) is 6.97. The summed E-state index contributed by atoms with van der Waals surface area (Å²) in [6.07, 6.45) is 3.47. The van der Waals surface area contributed by atoms with E-state index in [1.807, 2.05) is 57.3 Å². The quantitative estimate of drug-likeness (QED) is 0.117. The number of ether oxygens (including phenoxy) is 1. The third-order valence-corrected chi connectivity index (χ3v) is 13.4. The van der Waals surface area contributed by atoms with E-state index in [0.29, 0.717) is 69.9 Å². The Morgan fingerprint density at radius 2 is 1.49 bits per heavy atom. The zero-order chi connectivity index (χ0) is 44.7. The number of nitrogens with zero attached hydrogens (tertiary/aromatic N) is 6. The minimum atomic E-state index is -4.34. The highest BCUT2D eigenvalue weighted by Crippen LogP contribution is 2.31. The number of hydrogen-bond acceptors (Lipinski definition) is 9. The van der Waals surface area contributed by atoms with Crippen molar-refractivity contribution in [3.63, 3.8) is 0 Å². The van der Waals surface area contributed by atoms with Gasteiger partial charge in [0.05, 0.1) is 33.5 Å². The molecule has 0 unspecified atom stereocenters. The van der Waals surface area contributed by atoms with Gasteiger partial charge in [0.15, 0.2) is 5.69 Å². The van der Waals surface area contributed by atoms with Crippen molar-refractivity contribution in [1.29, 1.82) is 0 Å². The van der Waals surface area contributed by atoms with Gasteiger partial charge >= 0.3 is 6.09 Å². The van der Waals surface area contributed by atoms with E-state index in [2.05, 4.69) is 9.62 Å². The number of benzene rings is 4. The number of piperazine rings is 1. The highest BCUT2D eigenvalue weighted by Gasteiger charge is 2.31. The van der Waals surface area contributed by atoms with Gasteiger partial charge in [-0.1, -0.05) is 92.9 Å². The normalized spacial score (nSPS) is 14.3. The number of amides is 4. The topological polar surface area (TPSA) is 154 Å². The van der Waals surface area contributed by atoms with E-state index in [1.54, 1.807) is 32.9 Å².